The Kier molecular flexibility index (Phi) is 9.03. The van der Waals surface area contributed by atoms with Crippen LogP contribution < -0.4 is 0 Å². The van der Waals surface area contributed by atoms with Gasteiger partial charge in [0.1, 0.15) is 0 Å². The third-order valence-electron chi connectivity index (χ3n) is 7.14. The molecule has 0 bridgehead atoms. The molecule has 0 aliphatic heterocycles. The van der Waals surface area contributed by atoms with Gasteiger partial charge < -0.3 is 4.57 Å². The van der Waals surface area contributed by atoms with Crippen molar-refractivity contribution >= 4 is 7.14 Å². The van der Waals surface area contributed by atoms with Gasteiger partial charge in [0.05, 0.1) is 7.14 Å². The Hall–Kier alpha value is -1.33. The molecule has 0 fully saturated rings. The van der Waals surface area contributed by atoms with E-state index in [4.69, 9.17) is 0 Å². The molecule has 0 saturated heterocycles. The maximum Gasteiger partial charge on any atom is 0.0963 e. The largest absolute Gasteiger partial charge is 0.323 e. The van der Waals surface area contributed by atoms with Crippen LogP contribution in [0.2, 0.25) is 0 Å². The predicted molar refractivity (Wildman–Crippen MR) is 144 cm³/mol. The van der Waals surface area contributed by atoms with Crippen molar-refractivity contribution in [1.29, 1.82) is 0 Å². The van der Waals surface area contributed by atoms with E-state index in [0.29, 0.717) is 11.8 Å². The van der Waals surface area contributed by atoms with Crippen LogP contribution in [0.25, 0.3) is 0 Å². The monoisotopic (exact) mass is 454 g/mol. The summed E-state index contributed by atoms with van der Waals surface area (Å²) in [7, 11) is -2.44. The minimum Gasteiger partial charge on any atom is -0.323 e. The summed E-state index contributed by atoms with van der Waals surface area (Å²) in [5, 5.41) is 0. The Morgan fingerprint density at radius 3 is 1.47 bits per heavy atom. The van der Waals surface area contributed by atoms with Gasteiger partial charge in [0.15, 0.2) is 0 Å². The molecule has 0 heterocycles. The van der Waals surface area contributed by atoms with Gasteiger partial charge in [0.25, 0.3) is 0 Å². The van der Waals surface area contributed by atoms with Crippen molar-refractivity contribution in [1.82, 2.24) is 0 Å². The molecule has 2 aromatic rings. The van der Waals surface area contributed by atoms with Gasteiger partial charge >= 0.3 is 0 Å². The van der Waals surface area contributed by atoms with Gasteiger partial charge in [-0.1, -0.05) is 46.8 Å². The van der Waals surface area contributed by atoms with E-state index in [1.807, 2.05) is 0 Å². The first kappa shape index (κ1) is 26.9. The number of aryl methyl sites for hydroxylation is 4. The van der Waals surface area contributed by atoms with Crippen molar-refractivity contribution in [3.8, 4) is 0 Å². The zero-order valence-electron chi connectivity index (χ0n) is 22.7. The van der Waals surface area contributed by atoms with E-state index in [0.717, 1.165) is 31.3 Å². The maximum absolute atomic E-state index is 14.7. The highest BCUT2D eigenvalue weighted by Crippen LogP contribution is 2.55. The third-order valence-corrected chi connectivity index (χ3v) is 10.3. The second kappa shape index (κ2) is 10.7. The van der Waals surface area contributed by atoms with Gasteiger partial charge in [0, 0.05) is 18.5 Å². The summed E-state index contributed by atoms with van der Waals surface area (Å²) in [5.74, 6) is 1.05. The van der Waals surface area contributed by atoms with E-state index in [2.05, 4.69) is 88.3 Å². The molecule has 0 spiro atoms. The average Bonchev–Trinajstić information content (AvgIpc) is 2.65. The molecule has 178 valence electrons. The van der Waals surface area contributed by atoms with E-state index in [9.17, 15) is 4.57 Å². The van der Waals surface area contributed by atoms with Gasteiger partial charge in [-0.15, -0.1) is 0 Å². The molecule has 0 aliphatic carbocycles. The molecule has 1 nitrogen and oxygen atoms in total. The minimum absolute atomic E-state index is 0.429. The highest BCUT2D eigenvalue weighted by Gasteiger charge is 2.29. The fourth-order valence-electron chi connectivity index (χ4n) is 5.72. The molecule has 0 saturated carbocycles. The van der Waals surface area contributed by atoms with Crippen molar-refractivity contribution in [3.05, 3.63) is 67.8 Å². The summed E-state index contributed by atoms with van der Waals surface area (Å²) in [6, 6.07) is 4.64. The number of rotatable bonds is 9. The molecule has 2 aromatic carbocycles. The van der Waals surface area contributed by atoms with Crippen molar-refractivity contribution in [2.75, 3.05) is 6.16 Å². The van der Waals surface area contributed by atoms with Crippen LogP contribution in [0.15, 0.2) is 12.1 Å². The van der Waals surface area contributed by atoms with Crippen molar-refractivity contribution in [3.63, 3.8) is 0 Å². The van der Waals surface area contributed by atoms with E-state index in [-0.39, 0.29) is 0 Å². The third kappa shape index (κ3) is 6.17. The van der Waals surface area contributed by atoms with Gasteiger partial charge in [-0.25, -0.2) is 0 Å². The Bertz CT molecular complexity index is 1010. The second-order valence-corrected chi connectivity index (χ2v) is 14.2. The summed E-state index contributed by atoms with van der Waals surface area (Å²) < 4.78 is 14.7. The molecule has 1 unspecified atom stereocenters. The van der Waals surface area contributed by atoms with Gasteiger partial charge in [-0.2, -0.15) is 0 Å². The summed E-state index contributed by atoms with van der Waals surface area (Å²) in [4.78, 5) is 0. The summed E-state index contributed by atoms with van der Waals surface area (Å²) in [5.41, 5.74) is 13.7. The van der Waals surface area contributed by atoms with Crippen LogP contribution in [0.3, 0.4) is 0 Å². The van der Waals surface area contributed by atoms with Crippen molar-refractivity contribution in [2.24, 2.45) is 11.8 Å². The van der Waals surface area contributed by atoms with Crippen LogP contribution in [0.1, 0.15) is 90.3 Å². The van der Waals surface area contributed by atoms with E-state index in [1.54, 1.807) is 0 Å². The molecule has 2 rings (SSSR count). The number of hydrogen-bond acceptors (Lipinski definition) is 1. The fraction of sp³-hybridized carbons (Fsp3) is 0.600. The molecular weight excluding hydrogens is 407 g/mol. The molecular formula is C30H47OP. The van der Waals surface area contributed by atoms with Gasteiger partial charge in [0.2, 0.25) is 0 Å². The molecule has 0 N–H and O–H groups in total. The van der Waals surface area contributed by atoms with Crippen molar-refractivity contribution in [2.45, 2.75) is 101 Å². The standard InChI is InChI=1S/C30H47OP/c1-12-27-21(6)14-23(8)29(25(27)10)17-32(31,16-20(4)5)18-30-24(9)15-22(7)28(26(30)11)13-19(2)3/h14-15,19-20H,12-13,16-18H2,1-11H3. The maximum atomic E-state index is 14.7. The Balaban J connectivity index is 2.58. The Morgan fingerprint density at radius 1 is 0.656 bits per heavy atom. The number of benzene rings is 2. The van der Waals surface area contributed by atoms with Crippen molar-refractivity contribution < 1.29 is 4.57 Å². The second-order valence-electron chi connectivity index (χ2n) is 11.1. The zero-order valence-corrected chi connectivity index (χ0v) is 23.6. The van der Waals surface area contributed by atoms with Crippen LogP contribution in [-0.2, 0) is 29.7 Å². The quantitative estimate of drug-likeness (QED) is 0.345. The Labute approximate surface area is 198 Å². The van der Waals surface area contributed by atoms with Crippen LogP contribution in [-0.4, -0.2) is 6.16 Å². The highest BCUT2D eigenvalue weighted by molar-refractivity contribution is 7.62. The smallest absolute Gasteiger partial charge is 0.0963 e. The molecule has 2 heteroatoms. The molecule has 0 aromatic heterocycles. The molecule has 0 radical (unpaired) electrons. The van der Waals surface area contributed by atoms with E-state index < -0.39 is 7.14 Å². The summed E-state index contributed by atoms with van der Waals surface area (Å²) >= 11 is 0. The minimum atomic E-state index is -2.44. The van der Waals surface area contributed by atoms with Gasteiger partial charge in [-0.05, 0) is 122 Å². The van der Waals surface area contributed by atoms with E-state index in [1.165, 1.54) is 55.6 Å². The highest BCUT2D eigenvalue weighted by atomic mass is 31.2. The number of hydrogen-bond donors (Lipinski definition) is 0. The lowest BCUT2D eigenvalue weighted by molar-refractivity contribution is 0.563. The first-order valence-corrected chi connectivity index (χ1v) is 14.8. The lowest BCUT2D eigenvalue weighted by atomic mass is 9.89. The predicted octanol–water partition coefficient (Wildman–Crippen LogP) is 9.02. The first-order valence-electron chi connectivity index (χ1n) is 12.5. The molecule has 0 aliphatic rings. The molecule has 32 heavy (non-hydrogen) atoms. The topological polar surface area (TPSA) is 17.1 Å². The Morgan fingerprint density at radius 2 is 1.06 bits per heavy atom. The van der Waals surface area contributed by atoms with Crippen LogP contribution >= 0.6 is 7.14 Å². The fourth-order valence-corrected chi connectivity index (χ4v) is 9.55. The average molecular weight is 455 g/mol. The van der Waals surface area contributed by atoms with Crippen LogP contribution in [0.5, 0.6) is 0 Å². The summed E-state index contributed by atoms with van der Waals surface area (Å²) in [6.45, 7) is 24.6. The van der Waals surface area contributed by atoms with Crippen LogP contribution in [0.4, 0.5) is 0 Å². The van der Waals surface area contributed by atoms with Crippen LogP contribution in [0, 0.1) is 53.4 Å². The lowest BCUT2D eigenvalue weighted by Crippen LogP contribution is -2.10. The lowest BCUT2D eigenvalue weighted by Gasteiger charge is -2.27. The first-order chi connectivity index (χ1) is 14.8. The SMILES string of the molecule is CCc1c(C)cc(C)c(CP(=O)(Cc2c(C)cc(C)c(CC(C)C)c2C)CC(C)C)c1C. The summed E-state index contributed by atoms with van der Waals surface area (Å²) in [6.07, 6.45) is 4.39. The zero-order chi connectivity index (χ0) is 24.4. The molecule has 0 amide bonds. The van der Waals surface area contributed by atoms with Gasteiger partial charge in [-0.3, -0.25) is 0 Å². The van der Waals surface area contributed by atoms with E-state index >= 15 is 0 Å². The molecule has 1 atom stereocenters. The normalized spacial score (nSPS) is 13.8.